The van der Waals surface area contributed by atoms with E-state index in [4.69, 9.17) is 10.7 Å². The first-order valence-corrected chi connectivity index (χ1v) is 9.60. The van der Waals surface area contributed by atoms with E-state index in [1.807, 2.05) is 18.2 Å². The Morgan fingerprint density at radius 1 is 1.33 bits per heavy atom. The third-order valence-electron chi connectivity index (χ3n) is 4.06. The molecular weight excluding hydrogens is 340 g/mol. The van der Waals surface area contributed by atoms with Gasteiger partial charge in [0.1, 0.15) is 10.0 Å². The monoisotopic (exact) mass is 358 g/mol. The topological polar surface area (TPSA) is 80.0 Å². The van der Waals surface area contributed by atoms with E-state index >= 15 is 0 Å². The van der Waals surface area contributed by atoms with Crippen molar-refractivity contribution in [1.29, 1.82) is 0 Å². The fraction of sp³-hybridized carbons (Fsp3) is 0.294. The lowest BCUT2D eigenvalue weighted by atomic mass is 10.0. The largest absolute Gasteiger partial charge is 0.330 e. The van der Waals surface area contributed by atoms with Crippen LogP contribution in [0.15, 0.2) is 24.3 Å². The Morgan fingerprint density at radius 3 is 3.04 bits per heavy atom. The predicted octanol–water partition coefficient (Wildman–Crippen LogP) is 2.96. The number of carbonyl (C=O) groups is 1. The van der Waals surface area contributed by atoms with Crippen molar-refractivity contribution in [3.05, 3.63) is 34.7 Å². The number of nitrogens with one attached hydrogen (secondary N) is 2. The number of aromatic nitrogens is 1. The summed E-state index contributed by atoms with van der Waals surface area (Å²) in [4.78, 5) is 18.2. The molecule has 0 saturated heterocycles. The van der Waals surface area contributed by atoms with E-state index < -0.39 is 0 Å². The SMILES string of the molecule is NCCC(=O)Nc1sc2c(c1-c1nc3ccccc3s1)CCNC2. The second-order valence-electron chi connectivity index (χ2n) is 5.71. The maximum absolute atomic E-state index is 12.1. The molecule has 5 nitrogen and oxygen atoms in total. The van der Waals surface area contributed by atoms with Crippen LogP contribution in [0.1, 0.15) is 16.9 Å². The van der Waals surface area contributed by atoms with Crippen molar-refractivity contribution in [3.63, 3.8) is 0 Å². The number of nitrogens with two attached hydrogens (primary N) is 1. The Labute approximate surface area is 147 Å². The van der Waals surface area contributed by atoms with Crippen molar-refractivity contribution in [2.24, 2.45) is 5.73 Å². The number of hydrogen-bond donors (Lipinski definition) is 3. The molecule has 0 saturated carbocycles. The van der Waals surface area contributed by atoms with Gasteiger partial charge < -0.3 is 16.4 Å². The van der Waals surface area contributed by atoms with Crippen LogP contribution in [0.5, 0.6) is 0 Å². The van der Waals surface area contributed by atoms with Gasteiger partial charge in [0.05, 0.1) is 10.2 Å². The number of rotatable bonds is 4. The van der Waals surface area contributed by atoms with Crippen molar-refractivity contribution in [2.45, 2.75) is 19.4 Å². The van der Waals surface area contributed by atoms with Gasteiger partial charge in [-0.1, -0.05) is 12.1 Å². The maximum Gasteiger partial charge on any atom is 0.226 e. The Kier molecular flexibility index (Phi) is 4.32. The summed E-state index contributed by atoms with van der Waals surface area (Å²) in [6, 6.07) is 8.15. The number of nitrogens with zero attached hydrogens (tertiary/aromatic N) is 1. The molecule has 0 bridgehead atoms. The summed E-state index contributed by atoms with van der Waals surface area (Å²) in [6.45, 7) is 2.16. The number of amides is 1. The second kappa shape index (κ2) is 6.60. The van der Waals surface area contributed by atoms with Gasteiger partial charge >= 0.3 is 0 Å². The first-order chi connectivity index (χ1) is 11.8. The molecule has 0 aliphatic carbocycles. The Hall–Kier alpha value is -1.80. The lowest BCUT2D eigenvalue weighted by molar-refractivity contribution is -0.116. The van der Waals surface area contributed by atoms with Crippen molar-refractivity contribution in [1.82, 2.24) is 10.3 Å². The van der Waals surface area contributed by atoms with E-state index in [-0.39, 0.29) is 5.91 Å². The van der Waals surface area contributed by atoms with Crippen LogP contribution in [0.4, 0.5) is 5.00 Å². The van der Waals surface area contributed by atoms with E-state index in [1.54, 1.807) is 22.7 Å². The Morgan fingerprint density at radius 2 is 2.21 bits per heavy atom. The number of thiophene rings is 1. The first kappa shape index (κ1) is 15.7. The molecule has 0 atom stereocenters. The first-order valence-electron chi connectivity index (χ1n) is 7.97. The minimum Gasteiger partial charge on any atom is -0.330 e. The van der Waals surface area contributed by atoms with E-state index in [1.165, 1.54) is 15.1 Å². The molecule has 1 aromatic carbocycles. The maximum atomic E-state index is 12.1. The smallest absolute Gasteiger partial charge is 0.226 e. The van der Waals surface area contributed by atoms with Gasteiger partial charge in [-0.15, -0.1) is 22.7 Å². The van der Waals surface area contributed by atoms with Crippen LogP contribution >= 0.6 is 22.7 Å². The number of benzene rings is 1. The van der Waals surface area contributed by atoms with E-state index in [0.717, 1.165) is 40.6 Å². The highest BCUT2D eigenvalue weighted by Gasteiger charge is 2.24. The van der Waals surface area contributed by atoms with Gasteiger partial charge in [-0.3, -0.25) is 4.79 Å². The zero-order chi connectivity index (χ0) is 16.5. The van der Waals surface area contributed by atoms with Crippen molar-refractivity contribution < 1.29 is 4.79 Å². The van der Waals surface area contributed by atoms with Crippen molar-refractivity contribution >= 4 is 43.8 Å². The van der Waals surface area contributed by atoms with Gasteiger partial charge in [-0.25, -0.2) is 4.98 Å². The molecule has 0 radical (unpaired) electrons. The molecule has 1 aliphatic rings. The number of anilines is 1. The van der Waals surface area contributed by atoms with Gasteiger partial charge in [-0.05, 0) is 30.7 Å². The highest BCUT2D eigenvalue weighted by Crippen LogP contribution is 2.44. The zero-order valence-electron chi connectivity index (χ0n) is 13.1. The molecule has 7 heteroatoms. The number of hydrogen-bond acceptors (Lipinski definition) is 6. The minimum atomic E-state index is -0.0357. The van der Waals surface area contributed by atoms with Crippen LogP contribution in [0.2, 0.25) is 0 Å². The van der Waals surface area contributed by atoms with Gasteiger partial charge in [0.25, 0.3) is 0 Å². The summed E-state index contributed by atoms with van der Waals surface area (Å²) in [7, 11) is 0. The summed E-state index contributed by atoms with van der Waals surface area (Å²) < 4.78 is 1.17. The highest BCUT2D eigenvalue weighted by atomic mass is 32.1. The number of para-hydroxylation sites is 1. The zero-order valence-corrected chi connectivity index (χ0v) is 14.7. The van der Waals surface area contributed by atoms with Crippen LogP contribution in [-0.2, 0) is 17.8 Å². The summed E-state index contributed by atoms with van der Waals surface area (Å²) in [5.41, 5.74) is 8.93. The molecule has 4 rings (SSSR count). The third-order valence-corrected chi connectivity index (χ3v) is 6.26. The quantitative estimate of drug-likeness (QED) is 0.670. The average molecular weight is 358 g/mol. The van der Waals surface area contributed by atoms with Crippen LogP contribution in [0.25, 0.3) is 20.8 Å². The second-order valence-corrected chi connectivity index (χ2v) is 7.84. The van der Waals surface area contributed by atoms with Gasteiger partial charge in [0.15, 0.2) is 0 Å². The molecular formula is C17H18N4OS2. The Balaban J connectivity index is 1.82. The summed E-state index contributed by atoms with van der Waals surface area (Å²) in [5.74, 6) is -0.0357. The van der Waals surface area contributed by atoms with Gasteiger partial charge in [0, 0.05) is 30.0 Å². The summed E-state index contributed by atoms with van der Waals surface area (Å²) >= 11 is 3.33. The van der Waals surface area contributed by atoms with Crippen LogP contribution in [0, 0.1) is 0 Å². The minimum absolute atomic E-state index is 0.0357. The van der Waals surface area contributed by atoms with Gasteiger partial charge in [-0.2, -0.15) is 0 Å². The van der Waals surface area contributed by atoms with Crippen molar-refractivity contribution in [3.8, 4) is 10.6 Å². The molecule has 0 spiro atoms. The summed E-state index contributed by atoms with van der Waals surface area (Å²) in [5, 5.41) is 8.34. The number of carbonyl (C=O) groups excluding carboxylic acids is 1. The average Bonchev–Trinajstić information content (AvgIpc) is 3.14. The van der Waals surface area contributed by atoms with Crippen LogP contribution in [-0.4, -0.2) is 24.0 Å². The lowest BCUT2D eigenvalue weighted by Crippen LogP contribution is -2.22. The molecule has 1 amide bonds. The molecule has 0 unspecified atom stereocenters. The molecule has 3 aromatic rings. The predicted molar refractivity (Wildman–Crippen MR) is 101 cm³/mol. The normalized spacial score (nSPS) is 13.9. The van der Waals surface area contributed by atoms with E-state index in [9.17, 15) is 4.79 Å². The molecule has 124 valence electrons. The van der Waals surface area contributed by atoms with Crippen molar-refractivity contribution in [2.75, 3.05) is 18.4 Å². The molecule has 24 heavy (non-hydrogen) atoms. The van der Waals surface area contributed by atoms with Crippen LogP contribution in [0.3, 0.4) is 0 Å². The van der Waals surface area contributed by atoms with E-state index in [0.29, 0.717) is 13.0 Å². The molecule has 3 heterocycles. The Bertz CT molecular complexity index is 866. The lowest BCUT2D eigenvalue weighted by Gasteiger charge is -2.13. The fourth-order valence-electron chi connectivity index (χ4n) is 2.95. The molecule has 4 N–H and O–H groups in total. The fourth-order valence-corrected chi connectivity index (χ4v) is 5.29. The number of fused-ring (bicyclic) bond motifs is 2. The summed E-state index contributed by atoms with van der Waals surface area (Å²) in [6.07, 6.45) is 1.30. The number of thiazole rings is 1. The third kappa shape index (κ3) is 2.84. The van der Waals surface area contributed by atoms with Gasteiger partial charge in [0.2, 0.25) is 5.91 Å². The molecule has 0 fully saturated rings. The van der Waals surface area contributed by atoms with Crippen LogP contribution < -0.4 is 16.4 Å². The van der Waals surface area contributed by atoms with E-state index in [2.05, 4.69) is 16.7 Å². The standard InChI is InChI=1S/C17H18N4OS2/c18-7-5-14(22)21-17-15(10-6-8-19-9-13(10)24-17)16-20-11-3-1-2-4-12(11)23-16/h1-4,19H,5-9,18H2,(H,21,22). The highest BCUT2D eigenvalue weighted by molar-refractivity contribution is 7.22. The molecule has 1 aliphatic heterocycles. The molecule has 2 aromatic heterocycles.